The van der Waals surface area contributed by atoms with Gasteiger partial charge in [0.2, 0.25) is 5.13 Å². The second kappa shape index (κ2) is 10.9. The lowest BCUT2D eigenvalue weighted by atomic mass is 10.2. The van der Waals surface area contributed by atoms with E-state index in [4.69, 9.17) is 0 Å². The molecule has 1 aromatic heterocycles. The number of carbonyl (C=O) groups excluding carboxylic acids is 1. The first-order chi connectivity index (χ1) is 14.9. The van der Waals surface area contributed by atoms with Gasteiger partial charge in [-0.15, -0.1) is 10.2 Å². The third kappa shape index (κ3) is 6.79. The minimum absolute atomic E-state index is 0.0236. The molecule has 0 aliphatic carbocycles. The molecule has 3 rings (SSSR count). The third-order valence-electron chi connectivity index (χ3n) is 3.81. The molecule has 1 amide bonds. The molecule has 3 aromatic rings. The normalized spacial score (nSPS) is 11.4. The van der Waals surface area contributed by atoms with Gasteiger partial charge in [0.05, 0.1) is 6.54 Å². The zero-order valence-electron chi connectivity index (χ0n) is 15.7. The third-order valence-corrected chi connectivity index (χ3v) is 5.55. The van der Waals surface area contributed by atoms with E-state index in [9.17, 15) is 22.4 Å². The number of alkyl halides is 4. The van der Waals surface area contributed by atoms with Gasteiger partial charge in [-0.1, -0.05) is 59.9 Å². The van der Waals surface area contributed by atoms with Gasteiger partial charge in [-0.25, -0.2) is 0 Å². The van der Waals surface area contributed by atoms with E-state index in [0.717, 1.165) is 16.9 Å². The first kappa shape index (κ1) is 22.8. The zero-order chi connectivity index (χ0) is 22.2. The molecule has 0 unspecified atom stereocenters. The summed E-state index contributed by atoms with van der Waals surface area (Å²) in [4.78, 5) is 14.2. The molecule has 1 heterocycles. The maximum atomic E-state index is 12.9. The Bertz CT molecular complexity index is 1030. The smallest absolute Gasteiger partial charge is 0.387 e. The lowest BCUT2D eigenvalue weighted by Gasteiger charge is -2.17. The van der Waals surface area contributed by atoms with E-state index < -0.39 is 18.3 Å². The first-order valence-corrected chi connectivity index (χ1v) is 10.5. The van der Waals surface area contributed by atoms with Crippen molar-refractivity contribution in [2.24, 2.45) is 0 Å². The molecule has 162 valence electrons. The molecule has 0 spiro atoms. The van der Waals surface area contributed by atoms with Crippen molar-refractivity contribution in [3.63, 3.8) is 0 Å². The van der Waals surface area contributed by atoms with Crippen LogP contribution in [0.5, 0.6) is 5.75 Å². The Balaban J connectivity index is 1.86. The van der Waals surface area contributed by atoms with Gasteiger partial charge in [0.25, 0.3) is 11.7 Å². The molecule has 0 radical (unpaired) electrons. The Morgan fingerprint density at radius 1 is 1.06 bits per heavy atom. The summed E-state index contributed by atoms with van der Waals surface area (Å²) in [5, 5.41) is 7.69. The van der Waals surface area contributed by atoms with Crippen LogP contribution in [0.4, 0.5) is 22.7 Å². The number of hydrogen-bond donors (Lipinski definition) is 0. The van der Waals surface area contributed by atoms with Crippen LogP contribution in [-0.2, 0) is 11.3 Å². The number of para-hydroxylation sites is 1. The van der Waals surface area contributed by atoms with Gasteiger partial charge in [0, 0.05) is 11.6 Å². The number of amides is 1. The van der Waals surface area contributed by atoms with E-state index in [1.54, 1.807) is 30.3 Å². The van der Waals surface area contributed by atoms with Crippen LogP contribution >= 0.6 is 23.1 Å². The van der Waals surface area contributed by atoms with Crippen molar-refractivity contribution in [3.8, 4) is 5.75 Å². The highest BCUT2D eigenvalue weighted by Crippen LogP contribution is 2.32. The van der Waals surface area contributed by atoms with Crippen LogP contribution in [0.2, 0.25) is 0 Å². The van der Waals surface area contributed by atoms with Crippen molar-refractivity contribution in [1.29, 1.82) is 0 Å². The van der Waals surface area contributed by atoms with Crippen molar-refractivity contribution in [1.82, 2.24) is 10.2 Å². The van der Waals surface area contributed by atoms with Crippen molar-refractivity contribution >= 4 is 40.2 Å². The number of aromatic nitrogens is 2. The first-order valence-electron chi connectivity index (χ1n) is 8.78. The molecule has 31 heavy (non-hydrogen) atoms. The summed E-state index contributed by atoms with van der Waals surface area (Å²) in [5.74, 6) is -3.27. The summed E-state index contributed by atoms with van der Waals surface area (Å²) in [6.45, 7) is -2.89. The van der Waals surface area contributed by atoms with Gasteiger partial charge in [0.15, 0.2) is 4.34 Å². The summed E-state index contributed by atoms with van der Waals surface area (Å²) in [6.07, 6.45) is 2.52. The molecule has 0 aliphatic heterocycles. The van der Waals surface area contributed by atoms with Gasteiger partial charge in [-0.3, -0.25) is 9.69 Å². The van der Waals surface area contributed by atoms with Crippen molar-refractivity contribution < 1.29 is 27.1 Å². The molecule has 11 heteroatoms. The molecule has 0 saturated carbocycles. The number of benzene rings is 2. The predicted molar refractivity (Wildman–Crippen MR) is 112 cm³/mol. The summed E-state index contributed by atoms with van der Waals surface area (Å²) in [5.41, 5.74) is 1.06. The second-order valence-electron chi connectivity index (χ2n) is 5.89. The molecule has 0 N–H and O–H groups in total. The summed E-state index contributed by atoms with van der Waals surface area (Å²) >= 11 is 1.10. The number of nitrogens with zero attached hydrogens (tertiary/aromatic N) is 3. The Labute approximate surface area is 183 Å². The number of carbonyl (C=O) groups is 1. The average molecular weight is 469 g/mol. The van der Waals surface area contributed by atoms with E-state index in [1.165, 1.54) is 35.3 Å². The van der Waals surface area contributed by atoms with Gasteiger partial charge in [-0.05, 0) is 29.5 Å². The fourth-order valence-corrected chi connectivity index (χ4v) is 3.97. The van der Waals surface area contributed by atoms with Crippen LogP contribution in [0.15, 0.2) is 65.0 Å². The highest BCUT2D eigenvalue weighted by atomic mass is 32.2. The lowest BCUT2D eigenvalue weighted by Crippen LogP contribution is -2.28. The summed E-state index contributed by atoms with van der Waals surface area (Å²) in [7, 11) is 0. The Kier molecular flexibility index (Phi) is 8.01. The maximum absolute atomic E-state index is 12.9. The highest BCUT2D eigenvalue weighted by molar-refractivity contribution is 8.01. The van der Waals surface area contributed by atoms with E-state index in [-0.39, 0.29) is 39.1 Å². The molecule has 2 aromatic carbocycles. The number of rotatable bonds is 9. The van der Waals surface area contributed by atoms with Gasteiger partial charge in [0.1, 0.15) is 5.75 Å². The Hall–Kier alpha value is -2.92. The number of ether oxygens (including phenoxy) is 1. The molecule has 0 bridgehead atoms. The predicted octanol–water partition coefficient (Wildman–Crippen LogP) is 5.70. The molecule has 0 aliphatic rings. The van der Waals surface area contributed by atoms with Crippen LogP contribution in [0.1, 0.15) is 11.1 Å². The molecule has 5 nitrogen and oxygen atoms in total. The minimum Gasteiger partial charge on any atom is -0.434 e. The topological polar surface area (TPSA) is 55.3 Å². The largest absolute Gasteiger partial charge is 0.434 e. The summed E-state index contributed by atoms with van der Waals surface area (Å²) in [6, 6.07) is 15.0. The highest BCUT2D eigenvalue weighted by Gasteiger charge is 2.20. The fourth-order valence-electron chi connectivity index (χ4n) is 2.51. The Morgan fingerprint density at radius 3 is 2.48 bits per heavy atom. The van der Waals surface area contributed by atoms with Crippen LogP contribution < -0.4 is 9.64 Å². The molecule has 0 fully saturated rings. The SMILES string of the molecule is O=C(/C=C/c1ccccc1OC(F)F)N(Cc1ccccc1)c1nnc(SC(F)F)s1. The van der Waals surface area contributed by atoms with E-state index >= 15 is 0 Å². The van der Waals surface area contributed by atoms with Crippen LogP contribution in [-0.4, -0.2) is 28.5 Å². The standard InChI is InChI=1S/C20H15F4N3O2S2/c21-17(22)29-15-9-5-4-8-14(15)10-11-16(28)27(12-13-6-2-1-3-7-13)19-25-26-20(31-19)30-18(23)24/h1-11,17-18H,12H2/b11-10+. The quantitative estimate of drug-likeness (QED) is 0.174. The summed E-state index contributed by atoms with van der Waals surface area (Å²) < 4.78 is 54.9. The number of hydrogen-bond acceptors (Lipinski definition) is 6. The lowest BCUT2D eigenvalue weighted by molar-refractivity contribution is -0.114. The molecular formula is C20H15F4N3O2S2. The minimum atomic E-state index is -3.01. The van der Waals surface area contributed by atoms with Crippen LogP contribution in [0.25, 0.3) is 6.08 Å². The van der Waals surface area contributed by atoms with Gasteiger partial charge < -0.3 is 4.74 Å². The molecule has 0 saturated heterocycles. The molecular weight excluding hydrogens is 454 g/mol. The van der Waals surface area contributed by atoms with Crippen LogP contribution in [0, 0.1) is 0 Å². The van der Waals surface area contributed by atoms with Gasteiger partial charge in [-0.2, -0.15) is 17.6 Å². The number of halogens is 4. The Morgan fingerprint density at radius 2 is 1.77 bits per heavy atom. The van der Waals surface area contributed by atoms with Crippen LogP contribution in [0.3, 0.4) is 0 Å². The van der Waals surface area contributed by atoms with E-state index in [0.29, 0.717) is 0 Å². The van der Waals surface area contributed by atoms with Crippen molar-refractivity contribution in [2.45, 2.75) is 23.3 Å². The van der Waals surface area contributed by atoms with E-state index in [1.807, 2.05) is 6.07 Å². The van der Waals surface area contributed by atoms with Crippen molar-refractivity contribution in [3.05, 3.63) is 71.8 Å². The zero-order valence-corrected chi connectivity index (χ0v) is 17.3. The van der Waals surface area contributed by atoms with Gasteiger partial charge >= 0.3 is 6.61 Å². The fraction of sp³-hybridized carbons (Fsp3) is 0.150. The molecule has 0 atom stereocenters. The maximum Gasteiger partial charge on any atom is 0.387 e. The average Bonchev–Trinajstić information content (AvgIpc) is 3.19. The second-order valence-corrected chi connectivity index (χ2v) is 8.08. The van der Waals surface area contributed by atoms with Crippen molar-refractivity contribution in [2.75, 3.05) is 4.90 Å². The van der Waals surface area contributed by atoms with E-state index in [2.05, 4.69) is 14.9 Å². The number of anilines is 1. The number of thioether (sulfide) groups is 1. The monoisotopic (exact) mass is 469 g/mol.